The second-order valence-electron chi connectivity index (χ2n) is 5.30. The maximum Gasteiger partial charge on any atom is 0.223 e. The third-order valence-electron chi connectivity index (χ3n) is 3.63. The zero-order valence-electron chi connectivity index (χ0n) is 12.6. The van der Waals surface area contributed by atoms with Gasteiger partial charge in [-0.05, 0) is 30.5 Å². The third kappa shape index (κ3) is 6.18. The Bertz CT molecular complexity index is 406. The highest BCUT2D eigenvalue weighted by Crippen LogP contribution is 2.15. The van der Waals surface area contributed by atoms with Crippen molar-refractivity contribution >= 4 is 5.91 Å². The molecule has 1 atom stereocenters. The van der Waals surface area contributed by atoms with Gasteiger partial charge < -0.3 is 5.32 Å². The Labute approximate surface area is 121 Å². The minimum absolute atomic E-state index is 0.0837. The van der Waals surface area contributed by atoms with Crippen molar-refractivity contribution in [1.29, 1.82) is 0 Å². The van der Waals surface area contributed by atoms with Gasteiger partial charge in [0.2, 0.25) is 5.91 Å². The number of carbonyl (C=O) groups excluding carboxylic acids is 1. The van der Waals surface area contributed by atoms with Crippen LogP contribution in [0.25, 0.3) is 0 Å². The first kappa shape index (κ1) is 16.7. The van der Waals surface area contributed by atoms with Gasteiger partial charge in [0.1, 0.15) is 5.82 Å². The van der Waals surface area contributed by atoms with Gasteiger partial charge in [0, 0.05) is 12.5 Å². The molecule has 0 bridgehead atoms. The van der Waals surface area contributed by atoms with Gasteiger partial charge in [-0.2, -0.15) is 0 Å². The summed E-state index contributed by atoms with van der Waals surface area (Å²) >= 11 is 0. The summed E-state index contributed by atoms with van der Waals surface area (Å²) in [6, 6.07) is 6.36. The lowest BCUT2D eigenvalue weighted by Gasteiger charge is -2.15. The normalized spacial score (nSPS) is 12.2. The van der Waals surface area contributed by atoms with Crippen molar-refractivity contribution in [3.8, 4) is 0 Å². The molecule has 0 heterocycles. The standard InChI is InChI=1S/C17H26FNO/c1-3-5-6-7-10-15(4-2)17(20)19-13-14-9-8-11-16(18)12-14/h8-9,11-12,15H,3-7,10,13H2,1-2H3,(H,19,20). The van der Waals surface area contributed by atoms with Crippen LogP contribution in [0.2, 0.25) is 0 Å². The number of halogens is 1. The van der Waals surface area contributed by atoms with Crippen molar-refractivity contribution in [2.24, 2.45) is 5.92 Å². The van der Waals surface area contributed by atoms with Crippen LogP contribution in [0.5, 0.6) is 0 Å². The van der Waals surface area contributed by atoms with Gasteiger partial charge >= 0.3 is 0 Å². The number of amides is 1. The SMILES string of the molecule is CCCCCCC(CC)C(=O)NCc1cccc(F)c1. The second-order valence-corrected chi connectivity index (χ2v) is 5.30. The average Bonchev–Trinajstić information content (AvgIpc) is 2.45. The Balaban J connectivity index is 2.35. The summed E-state index contributed by atoms with van der Waals surface area (Å²) in [4.78, 5) is 12.1. The van der Waals surface area contributed by atoms with Crippen LogP contribution in [-0.4, -0.2) is 5.91 Å². The van der Waals surface area contributed by atoms with Gasteiger partial charge in [0.25, 0.3) is 0 Å². The molecule has 1 aromatic rings. The molecule has 0 aliphatic carbocycles. The minimum Gasteiger partial charge on any atom is -0.352 e. The molecule has 1 rings (SSSR count). The van der Waals surface area contributed by atoms with Crippen LogP contribution in [0, 0.1) is 11.7 Å². The van der Waals surface area contributed by atoms with E-state index in [0.29, 0.717) is 6.54 Å². The highest BCUT2D eigenvalue weighted by atomic mass is 19.1. The molecule has 1 amide bonds. The fraction of sp³-hybridized carbons (Fsp3) is 0.588. The number of unbranched alkanes of at least 4 members (excludes halogenated alkanes) is 3. The first-order valence-corrected chi connectivity index (χ1v) is 7.69. The van der Waals surface area contributed by atoms with Crippen LogP contribution < -0.4 is 5.32 Å². The molecule has 0 radical (unpaired) electrons. The number of carbonyl (C=O) groups is 1. The summed E-state index contributed by atoms with van der Waals surface area (Å²) in [7, 11) is 0. The van der Waals surface area contributed by atoms with Crippen molar-refractivity contribution in [3.63, 3.8) is 0 Å². The van der Waals surface area contributed by atoms with Gasteiger partial charge in [0.15, 0.2) is 0 Å². The number of nitrogens with one attached hydrogen (secondary N) is 1. The first-order chi connectivity index (χ1) is 9.67. The van der Waals surface area contributed by atoms with Gasteiger partial charge in [-0.1, -0.05) is 51.7 Å². The predicted molar refractivity (Wildman–Crippen MR) is 80.8 cm³/mol. The molecule has 1 aromatic carbocycles. The fourth-order valence-electron chi connectivity index (χ4n) is 2.32. The first-order valence-electron chi connectivity index (χ1n) is 7.69. The molecule has 1 unspecified atom stereocenters. The number of rotatable bonds is 9. The van der Waals surface area contributed by atoms with Gasteiger partial charge in [-0.25, -0.2) is 4.39 Å². The molecule has 1 N–H and O–H groups in total. The van der Waals surface area contributed by atoms with E-state index >= 15 is 0 Å². The zero-order valence-corrected chi connectivity index (χ0v) is 12.6. The molecule has 0 saturated carbocycles. The highest BCUT2D eigenvalue weighted by molar-refractivity contribution is 5.78. The van der Waals surface area contributed by atoms with Crippen molar-refractivity contribution in [1.82, 2.24) is 5.32 Å². The van der Waals surface area contributed by atoms with Crippen LogP contribution >= 0.6 is 0 Å². The summed E-state index contributed by atoms with van der Waals surface area (Å²) in [5.41, 5.74) is 0.805. The maximum absolute atomic E-state index is 13.0. The van der Waals surface area contributed by atoms with Crippen molar-refractivity contribution in [2.45, 2.75) is 58.9 Å². The summed E-state index contributed by atoms with van der Waals surface area (Å²) in [5, 5.41) is 2.91. The number of hydrogen-bond donors (Lipinski definition) is 1. The molecule has 0 saturated heterocycles. The van der Waals surface area contributed by atoms with Crippen molar-refractivity contribution in [3.05, 3.63) is 35.6 Å². The Kier molecular flexibility index (Phi) is 7.93. The Morgan fingerprint density at radius 3 is 2.70 bits per heavy atom. The Morgan fingerprint density at radius 1 is 1.25 bits per heavy atom. The summed E-state index contributed by atoms with van der Waals surface area (Å²) < 4.78 is 13.0. The third-order valence-corrected chi connectivity index (χ3v) is 3.63. The molecular weight excluding hydrogens is 253 g/mol. The summed E-state index contributed by atoms with van der Waals surface area (Å²) in [6.07, 6.45) is 6.57. The minimum atomic E-state index is -0.261. The summed E-state index contributed by atoms with van der Waals surface area (Å²) in [6.45, 7) is 4.64. The molecule has 0 aromatic heterocycles. The van der Waals surface area contributed by atoms with Gasteiger partial charge in [0.05, 0.1) is 0 Å². The van der Waals surface area contributed by atoms with Crippen LogP contribution in [0.4, 0.5) is 4.39 Å². The molecule has 2 nitrogen and oxygen atoms in total. The van der Waals surface area contributed by atoms with Crippen molar-refractivity contribution in [2.75, 3.05) is 0 Å². The van der Waals surface area contributed by atoms with Crippen LogP contribution in [0.1, 0.15) is 57.9 Å². The van der Waals surface area contributed by atoms with Gasteiger partial charge in [-0.15, -0.1) is 0 Å². The van der Waals surface area contributed by atoms with E-state index in [1.54, 1.807) is 6.07 Å². The molecule has 0 aliphatic rings. The molecule has 20 heavy (non-hydrogen) atoms. The fourth-order valence-corrected chi connectivity index (χ4v) is 2.32. The van der Waals surface area contributed by atoms with E-state index in [1.165, 1.54) is 31.4 Å². The van der Waals surface area contributed by atoms with Crippen LogP contribution in [0.15, 0.2) is 24.3 Å². The highest BCUT2D eigenvalue weighted by Gasteiger charge is 2.15. The molecule has 3 heteroatoms. The van der Waals surface area contributed by atoms with Gasteiger partial charge in [-0.3, -0.25) is 4.79 Å². The lowest BCUT2D eigenvalue weighted by molar-refractivity contribution is -0.125. The second kappa shape index (κ2) is 9.51. The lowest BCUT2D eigenvalue weighted by atomic mass is 9.97. The van der Waals surface area contributed by atoms with Crippen LogP contribution in [0.3, 0.4) is 0 Å². The maximum atomic E-state index is 13.0. The number of benzene rings is 1. The van der Waals surface area contributed by atoms with E-state index in [9.17, 15) is 9.18 Å². The van der Waals surface area contributed by atoms with E-state index in [2.05, 4.69) is 12.2 Å². The molecule has 0 aliphatic heterocycles. The molecule has 112 valence electrons. The molecule has 0 spiro atoms. The lowest BCUT2D eigenvalue weighted by Crippen LogP contribution is -2.30. The van der Waals surface area contributed by atoms with E-state index in [4.69, 9.17) is 0 Å². The van der Waals surface area contributed by atoms with Crippen LogP contribution in [-0.2, 0) is 11.3 Å². The topological polar surface area (TPSA) is 29.1 Å². The largest absolute Gasteiger partial charge is 0.352 e. The molecule has 0 fully saturated rings. The monoisotopic (exact) mass is 279 g/mol. The summed E-state index contributed by atoms with van der Waals surface area (Å²) in [5.74, 6) is -0.0861. The van der Waals surface area contributed by atoms with E-state index < -0.39 is 0 Å². The van der Waals surface area contributed by atoms with E-state index in [-0.39, 0.29) is 17.6 Å². The smallest absolute Gasteiger partial charge is 0.223 e. The quantitative estimate of drug-likeness (QED) is 0.665. The number of hydrogen-bond acceptors (Lipinski definition) is 1. The Morgan fingerprint density at radius 2 is 2.05 bits per heavy atom. The predicted octanol–water partition coefficient (Wildman–Crippen LogP) is 4.44. The molecular formula is C17H26FNO. The average molecular weight is 279 g/mol. The van der Waals surface area contributed by atoms with Crippen molar-refractivity contribution < 1.29 is 9.18 Å². The Hall–Kier alpha value is -1.38. The van der Waals surface area contributed by atoms with E-state index in [1.807, 2.05) is 13.0 Å². The zero-order chi connectivity index (χ0) is 14.8. The van der Waals surface area contributed by atoms with E-state index in [0.717, 1.165) is 24.8 Å².